The highest BCUT2D eigenvalue weighted by atomic mass is 32.2. The zero-order valence-corrected chi connectivity index (χ0v) is 11.3. The van der Waals surface area contributed by atoms with Gasteiger partial charge in [0.05, 0.1) is 23.7 Å². The molecule has 104 valence electrons. The molecule has 6 nitrogen and oxygen atoms in total. The largest absolute Gasteiger partial charge is 0.380 e. The molecule has 2 fully saturated rings. The third kappa shape index (κ3) is 3.43. The second-order valence-corrected chi connectivity index (χ2v) is 7.29. The Bertz CT molecular complexity index is 395. The van der Waals surface area contributed by atoms with E-state index in [0.717, 1.165) is 0 Å². The van der Waals surface area contributed by atoms with Crippen LogP contribution in [0.15, 0.2) is 0 Å². The van der Waals surface area contributed by atoms with Gasteiger partial charge in [0.2, 0.25) is 5.91 Å². The minimum absolute atomic E-state index is 0.00980. The Morgan fingerprint density at radius 2 is 2.00 bits per heavy atom. The molecule has 0 aromatic heterocycles. The van der Waals surface area contributed by atoms with Crippen molar-refractivity contribution < 1.29 is 17.9 Å². The molecule has 2 N–H and O–H groups in total. The van der Waals surface area contributed by atoms with Crippen molar-refractivity contribution in [3.8, 4) is 0 Å². The van der Waals surface area contributed by atoms with E-state index in [0.29, 0.717) is 25.8 Å². The van der Waals surface area contributed by atoms with Crippen LogP contribution in [0.4, 0.5) is 0 Å². The van der Waals surface area contributed by atoms with E-state index in [1.807, 2.05) is 0 Å². The molecule has 0 aromatic rings. The number of hydrogen-bond donors (Lipinski definition) is 2. The highest BCUT2D eigenvalue weighted by Crippen LogP contribution is 2.14. The molecule has 0 saturated carbocycles. The molecule has 2 saturated heterocycles. The molecule has 0 spiro atoms. The third-order valence-electron chi connectivity index (χ3n) is 3.64. The molecule has 2 unspecified atom stereocenters. The molecule has 0 radical (unpaired) electrons. The predicted octanol–water partition coefficient (Wildman–Crippen LogP) is -0.943. The quantitative estimate of drug-likeness (QED) is 0.695. The van der Waals surface area contributed by atoms with Gasteiger partial charge < -0.3 is 15.4 Å². The van der Waals surface area contributed by atoms with Gasteiger partial charge in [-0.25, -0.2) is 8.42 Å². The molecule has 2 heterocycles. The van der Waals surface area contributed by atoms with Gasteiger partial charge in [0.25, 0.3) is 0 Å². The van der Waals surface area contributed by atoms with E-state index in [9.17, 15) is 13.2 Å². The minimum atomic E-state index is -2.87. The molecule has 2 aliphatic heterocycles. The lowest BCUT2D eigenvalue weighted by Crippen LogP contribution is -2.47. The summed E-state index contributed by atoms with van der Waals surface area (Å²) in [6, 6.07) is -0.224. The number of nitrogens with one attached hydrogen (secondary N) is 2. The Labute approximate surface area is 107 Å². The highest BCUT2D eigenvalue weighted by Gasteiger charge is 2.31. The van der Waals surface area contributed by atoms with Crippen LogP contribution >= 0.6 is 0 Å². The second kappa shape index (κ2) is 5.54. The summed E-state index contributed by atoms with van der Waals surface area (Å²) in [5, 5.41) is 6.03. The number of sulfone groups is 1. The van der Waals surface area contributed by atoms with Crippen LogP contribution in [0.25, 0.3) is 0 Å². The number of hydrogen-bond acceptors (Lipinski definition) is 5. The second-order valence-electron chi connectivity index (χ2n) is 4.99. The number of methoxy groups -OCH3 is 1. The van der Waals surface area contributed by atoms with Crippen molar-refractivity contribution in [2.24, 2.45) is 0 Å². The molecule has 2 rings (SSSR count). The Morgan fingerprint density at radius 1 is 1.33 bits per heavy atom. The molecule has 0 aromatic carbocycles. The van der Waals surface area contributed by atoms with Gasteiger partial charge in [-0.2, -0.15) is 0 Å². The number of ether oxygens (including phenoxy) is 1. The summed E-state index contributed by atoms with van der Waals surface area (Å²) >= 11 is 0. The minimum Gasteiger partial charge on any atom is -0.380 e. The fourth-order valence-electron chi connectivity index (χ4n) is 2.42. The van der Waals surface area contributed by atoms with Gasteiger partial charge in [0.1, 0.15) is 9.84 Å². The molecule has 2 aliphatic rings. The van der Waals surface area contributed by atoms with Gasteiger partial charge in [-0.3, -0.25) is 4.79 Å². The van der Waals surface area contributed by atoms with Crippen molar-refractivity contribution in [2.45, 2.75) is 37.5 Å². The Balaban J connectivity index is 1.79. The molecular weight excluding hydrogens is 256 g/mol. The predicted molar refractivity (Wildman–Crippen MR) is 67.0 cm³/mol. The molecular formula is C11H20N2O4S. The topological polar surface area (TPSA) is 84.5 Å². The average Bonchev–Trinajstić information content (AvgIpc) is 2.80. The first-order valence-electron chi connectivity index (χ1n) is 6.27. The van der Waals surface area contributed by atoms with Crippen LogP contribution in [0.3, 0.4) is 0 Å². The molecule has 7 heteroatoms. The maximum Gasteiger partial charge on any atom is 0.237 e. The van der Waals surface area contributed by atoms with Gasteiger partial charge in [0.15, 0.2) is 0 Å². The van der Waals surface area contributed by atoms with Crippen LogP contribution in [-0.4, -0.2) is 57.7 Å². The van der Waals surface area contributed by atoms with Gasteiger partial charge in [0, 0.05) is 19.7 Å². The van der Waals surface area contributed by atoms with Gasteiger partial charge in [-0.15, -0.1) is 0 Å². The Morgan fingerprint density at radius 3 is 2.56 bits per heavy atom. The third-order valence-corrected chi connectivity index (χ3v) is 5.36. The number of rotatable bonds is 3. The molecule has 18 heavy (non-hydrogen) atoms. The molecule has 2 atom stereocenters. The summed E-state index contributed by atoms with van der Waals surface area (Å²) in [5.74, 6) is 0.312. The smallest absolute Gasteiger partial charge is 0.237 e. The molecule has 1 amide bonds. The zero-order chi connectivity index (χ0) is 13.2. The maximum atomic E-state index is 12.0. The number of carbonyl (C=O) groups is 1. The van der Waals surface area contributed by atoms with Gasteiger partial charge in [-0.05, 0) is 19.3 Å². The fourth-order valence-corrected chi connectivity index (χ4v) is 3.91. The summed E-state index contributed by atoms with van der Waals surface area (Å²) in [5.41, 5.74) is 0. The zero-order valence-electron chi connectivity index (χ0n) is 10.5. The number of carbonyl (C=O) groups excluding carboxylic acids is 1. The first-order valence-corrected chi connectivity index (χ1v) is 8.09. The number of amides is 1. The summed E-state index contributed by atoms with van der Waals surface area (Å²) in [4.78, 5) is 12.0. The lowest BCUT2D eigenvalue weighted by atomic mass is 10.1. The van der Waals surface area contributed by atoms with Crippen LogP contribution in [0.2, 0.25) is 0 Å². The monoisotopic (exact) mass is 276 g/mol. The maximum absolute atomic E-state index is 12.0. The van der Waals surface area contributed by atoms with Crippen molar-refractivity contribution in [3.63, 3.8) is 0 Å². The normalized spacial score (nSPS) is 32.3. The van der Waals surface area contributed by atoms with Gasteiger partial charge in [-0.1, -0.05) is 0 Å². The summed E-state index contributed by atoms with van der Waals surface area (Å²) < 4.78 is 27.7. The lowest BCUT2D eigenvalue weighted by molar-refractivity contribution is -0.123. The first-order chi connectivity index (χ1) is 8.50. The summed E-state index contributed by atoms with van der Waals surface area (Å²) in [6.07, 6.45) is 1.81. The van der Waals surface area contributed by atoms with E-state index in [-0.39, 0.29) is 35.6 Å². The average molecular weight is 276 g/mol. The van der Waals surface area contributed by atoms with Crippen LogP contribution < -0.4 is 10.6 Å². The molecule has 0 aliphatic carbocycles. The fraction of sp³-hybridized carbons (Fsp3) is 0.909. The van der Waals surface area contributed by atoms with E-state index in [1.165, 1.54) is 0 Å². The van der Waals surface area contributed by atoms with Crippen LogP contribution in [0.5, 0.6) is 0 Å². The summed E-state index contributed by atoms with van der Waals surface area (Å²) in [7, 11) is -1.23. The molecule has 0 bridgehead atoms. The van der Waals surface area contributed by atoms with Crippen LogP contribution in [0.1, 0.15) is 19.3 Å². The van der Waals surface area contributed by atoms with Gasteiger partial charge >= 0.3 is 0 Å². The van der Waals surface area contributed by atoms with E-state index in [2.05, 4.69) is 10.6 Å². The Kier molecular flexibility index (Phi) is 4.24. The van der Waals surface area contributed by atoms with Crippen LogP contribution in [-0.2, 0) is 19.4 Å². The van der Waals surface area contributed by atoms with E-state index < -0.39 is 9.84 Å². The summed E-state index contributed by atoms with van der Waals surface area (Å²) in [6.45, 7) is 0.688. The van der Waals surface area contributed by atoms with Crippen LogP contribution in [0, 0.1) is 0 Å². The van der Waals surface area contributed by atoms with Crippen molar-refractivity contribution in [2.75, 3.05) is 25.2 Å². The lowest BCUT2D eigenvalue weighted by Gasteiger charge is -2.24. The standard InChI is InChI=1S/C11H20N2O4S/c1-17-9-6-10(12-7-9)11(14)13-8-2-4-18(15,16)5-3-8/h8-10,12H,2-7H2,1H3,(H,13,14). The van der Waals surface area contributed by atoms with Crippen molar-refractivity contribution in [1.82, 2.24) is 10.6 Å². The Hall–Kier alpha value is -0.660. The van der Waals surface area contributed by atoms with E-state index in [1.54, 1.807) is 7.11 Å². The van der Waals surface area contributed by atoms with E-state index in [4.69, 9.17) is 4.74 Å². The highest BCUT2D eigenvalue weighted by molar-refractivity contribution is 7.91. The van der Waals surface area contributed by atoms with Crippen molar-refractivity contribution in [3.05, 3.63) is 0 Å². The van der Waals surface area contributed by atoms with Crippen molar-refractivity contribution >= 4 is 15.7 Å². The SMILES string of the molecule is COC1CNC(C(=O)NC2CCS(=O)(=O)CC2)C1. The first kappa shape index (κ1) is 13.8. The van der Waals surface area contributed by atoms with Crippen molar-refractivity contribution in [1.29, 1.82) is 0 Å². The van der Waals surface area contributed by atoms with E-state index >= 15 is 0 Å².